The van der Waals surface area contributed by atoms with E-state index in [1.54, 1.807) is 34.6 Å². The molecule has 1 atom stereocenters. The SMILES string of the molecule is Cn1c(=O)n(C2CCC(=O)NC2=O)c2ccc(CN3CCC(CCCN4CCC(n5cc(NC(=O)c6coc(-c7ccnc(NCC8CC8)c7)n6)c(C(F)F)n5)CC4)CC3)cc21. The van der Waals surface area contributed by atoms with Crippen LogP contribution in [-0.4, -0.2) is 95.7 Å². The van der Waals surface area contributed by atoms with Gasteiger partial charge in [0.25, 0.3) is 12.3 Å². The Bertz CT molecular complexity index is 2490. The van der Waals surface area contributed by atoms with Crippen molar-refractivity contribution in [3.63, 3.8) is 0 Å². The minimum absolute atomic E-state index is 0.0262. The van der Waals surface area contributed by atoms with Gasteiger partial charge in [0.2, 0.25) is 17.7 Å². The zero-order valence-corrected chi connectivity index (χ0v) is 34.9. The third kappa shape index (κ3) is 9.21. The van der Waals surface area contributed by atoms with Gasteiger partial charge in [0.1, 0.15) is 18.1 Å². The molecule has 4 aromatic heterocycles. The first-order chi connectivity index (χ1) is 30.1. The molecule has 1 saturated carbocycles. The van der Waals surface area contributed by atoms with Crippen LogP contribution in [0.25, 0.3) is 22.5 Å². The average molecular weight is 854 g/mol. The van der Waals surface area contributed by atoms with Crippen molar-refractivity contribution < 1.29 is 27.6 Å². The van der Waals surface area contributed by atoms with Crippen molar-refractivity contribution in [2.24, 2.45) is 18.9 Å². The van der Waals surface area contributed by atoms with Crippen LogP contribution in [0.1, 0.15) is 104 Å². The Morgan fingerprint density at radius 1 is 0.952 bits per heavy atom. The lowest BCUT2D eigenvalue weighted by molar-refractivity contribution is -0.135. The summed E-state index contributed by atoms with van der Waals surface area (Å²) >= 11 is 0. The number of alkyl halides is 2. The number of benzene rings is 1. The van der Waals surface area contributed by atoms with Crippen LogP contribution in [0.3, 0.4) is 0 Å². The first-order valence-electron chi connectivity index (χ1n) is 21.9. The molecular formula is C44H53F2N11O5. The number of oxazole rings is 1. The molecule has 3 amide bonds. The van der Waals surface area contributed by atoms with E-state index in [1.807, 2.05) is 18.2 Å². The summed E-state index contributed by atoms with van der Waals surface area (Å²) in [5.74, 6) is 0.856. The summed E-state index contributed by atoms with van der Waals surface area (Å²) < 4.78 is 38.6. The number of halogens is 2. The number of carbonyl (C=O) groups excluding carboxylic acids is 3. The summed E-state index contributed by atoms with van der Waals surface area (Å²) in [4.78, 5) is 64.1. The normalized spacial score (nSPS) is 19.7. The zero-order chi connectivity index (χ0) is 42.9. The van der Waals surface area contributed by atoms with Gasteiger partial charge in [-0.1, -0.05) is 6.07 Å². The maximum absolute atomic E-state index is 14.2. The maximum atomic E-state index is 14.2. The summed E-state index contributed by atoms with van der Waals surface area (Å²) in [5, 5.41) is 12.5. The van der Waals surface area contributed by atoms with Gasteiger partial charge in [-0.25, -0.2) is 23.5 Å². The molecule has 5 aromatic rings. The Morgan fingerprint density at radius 3 is 2.50 bits per heavy atom. The van der Waals surface area contributed by atoms with Gasteiger partial charge in [0.05, 0.1) is 22.8 Å². The fourth-order valence-electron chi connectivity index (χ4n) is 9.22. The second kappa shape index (κ2) is 17.9. The monoisotopic (exact) mass is 853 g/mol. The van der Waals surface area contributed by atoms with E-state index >= 15 is 0 Å². The van der Waals surface area contributed by atoms with E-state index in [0.29, 0.717) is 35.2 Å². The van der Waals surface area contributed by atoms with Crippen LogP contribution in [0.5, 0.6) is 0 Å². The number of fused-ring (bicyclic) bond motifs is 1. The van der Waals surface area contributed by atoms with Crippen LogP contribution in [0.15, 0.2) is 58.2 Å². The second-order valence-corrected chi connectivity index (χ2v) is 17.4. The minimum Gasteiger partial charge on any atom is -0.444 e. The van der Waals surface area contributed by atoms with Crippen LogP contribution in [-0.2, 0) is 23.2 Å². The molecule has 0 bridgehead atoms. The lowest BCUT2D eigenvalue weighted by Crippen LogP contribution is -2.44. The number of hydrogen-bond acceptors (Lipinski definition) is 11. The molecule has 3 aliphatic heterocycles. The number of aryl methyl sites for hydroxylation is 1. The Balaban J connectivity index is 0.715. The highest BCUT2D eigenvalue weighted by Crippen LogP contribution is 2.33. The lowest BCUT2D eigenvalue weighted by atomic mass is 9.91. The number of hydrogen-bond donors (Lipinski definition) is 3. The van der Waals surface area contributed by atoms with Gasteiger partial charge >= 0.3 is 5.69 Å². The summed E-state index contributed by atoms with van der Waals surface area (Å²) in [6, 6.07) is 8.78. The number of aromatic nitrogens is 6. The van der Waals surface area contributed by atoms with E-state index in [1.165, 1.54) is 29.9 Å². The number of carbonyl (C=O) groups is 3. The molecule has 4 fully saturated rings. The molecule has 1 aromatic carbocycles. The molecule has 328 valence electrons. The first-order valence-corrected chi connectivity index (χ1v) is 21.9. The van der Waals surface area contributed by atoms with E-state index in [9.17, 15) is 28.0 Å². The number of nitrogens with one attached hydrogen (secondary N) is 3. The highest BCUT2D eigenvalue weighted by atomic mass is 19.3. The number of imidazole rings is 1. The smallest absolute Gasteiger partial charge is 0.329 e. The summed E-state index contributed by atoms with van der Waals surface area (Å²) in [6.45, 7) is 6.31. The predicted molar refractivity (Wildman–Crippen MR) is 227 cm³/mol. The Labute approximate surface area is 357 Å². The van der Waals surface area contributed by atoms with Gasteiger partial charge in [-0.05, 0) is 119 Å². The van der Waals surface area contributed by atoms with Gasteiger partial charge in [0, 0.05) is 57.6 Å². The molecule has 9 rings (SSSR count). The molecule has 1 unspecified atom stereocenters. The Kier molecular flexibility index (Phi) is 12.0. The van der Waals surface area contributed by atoms with Gasteiger partial charge in [0.15, 0.2) is 11.4 Å². The zero-order valence-electron chi connectivity index (χ0n) is 34.9. The van der Waals surface area contributed by atoms with E-state index in [4.69, 9.17) is 4.42 Å². The van der Waals surface area contributed by atoms with Gasteiger partial charge in [-0.15, -0.1) is 0 Å². The number of rotatable bonds is 15. The van der Waals surface area contributed by atoms with E-state index < -0.39 is 30.0 Å². The molecular weight excluding hydrogens is 801 g/mol. The average Bonchev–Trinajstić information content (AvgIpc) is 3.68. The Hall–Kier alpha value is -5.75. The highest BCUT2D eigenvalue weighted by Gasteiger charge is 2.32. The number of likely N-dealkylation sites (tertiary alicyclic amines) is 2. The van der Waals surface area contributed by atoms with Crippen LogP contribution >= 0.6 is 0 Å². The summed E-state index contributed by atoms with van der Waals surface area (Å²) in [5.41, 5.74) is 2.45. The van der Waals surface area contributed by atoms with Crippen molar-refractivity contribution in [3.05, 3.63) is 76.4 Å². The summed E-state index contributed by atoms with van der Waals surface area (Å²) in [6.07, 6.45) is 10.5. The Morgan fingerprint density at radius 2 is 1.74 bits per heavy atom. The largest absolute Gasteiger partial charge is 0.444 e. The number of anilines is 2. The van der Waals surface area contributed by atoms with Crippen molar-refractivity contribution >= 4 is 40.3 Å². The summed E-state index contributed by atoms with van der Waals surface area (Å²) in [7, 11) is 1.72. The molecule has 0 radical (unpaired) electrons. The maximum Gasteiger partial charge on any atom is 0.329 e. The number of amides is 3. The molecule has 18 heteroatoms. The van der Waals surface area contributed by atoms with E-state index in [-0.39, 0.29) is 41.3 Å². The van der Waals surface area contributed by atoms with Crippen LogP contribution in [0.4, 0.5) is 20.3 Å². The third-order valence-electron chi connectivity index (χ3n) is 13.0. The van der Waals surface area contributed by atoms with Gasteiger partial charge in [-0.2, -0.15) is 5.10 Å². The number of nitrogens with zero attached hydrogens (tertiary/aromatic N) is 8. The highest BCUT2D eigenvalue weighted by molar-refractivity contribution is 6.03. The van der Waals surface area contributed by atoms with Gasteiger partial charge in [-0.3, -0.25) is 38.4 Å². The van der Waals surface area contributed by atoms with Crippen molar-refractivity contribution in [2.45, 2.75) is 89.3 Å². The van der Waals surface area contributed by atoms with Crippen molar-refractivity contribution in [1.29, 1.82) is 0 Å². The molecule has 62 heavy (non-hydrogen) atoms. The predicted octanol–water partition coefficient (Wildman–Crippen LogP) is 5.91. The van der Waals surface area contributed by atoms with Crippen molar-refractivity contribution in [2.75, 3.05) is 49.9 Å². The molecule has 3 N–H and O–H groups in total. The molecule has 4 aliphatic rings. The third-order valence-corrected chi connectivity index (χ3v) is 13.0. The number of imide groups is 1. The molecule has 1 aliphatic carbocycles. The fraction of sp³-hybridized carbons (Fsp3) is 0.523. The second-order valence-electron chi connectivity index (χ2n) is 17.4. The van der Waals surface area contributed by atoms with Crippen molar-refractivity contribution in [1.82, 2.24) is 44.0 Å². The molecule has 16 nitrogen and oxygen atoms in total. The topological polar surface area (TPSA) is 177 Å². The van der Waals surface area contributed by atoms with E-state index in [2.05, 4.69) is 40.8 Å². The quantitative estimate of drug-likeness (QED) is 0.107. The number of piperidine rings is 3. The van der Waals surface area contributed by atoms with E-state index in [0.717, 1.165) is 95.4 Å². The van der Waals surface area contributed by atoms with Crippen LogP contribution < -0.4 is 21.6 Å². The molecule has 3 saturated heterocycles. The fourth-order valence-corrected chi connectivity index (χ4v) is 9.22. The minimum atomic E-state index is -2.86. The molecule has 7 heterocycles. The van der Waals surface area contributed by atoms with Crippen LogP contribution in [0.2, 0.25) is 0 Å². The standard InChI is InChI=1S/C44H53F2N11O5/c1-53-36-21-29(6-7-34(36)57(44(53)61)35-8-9-38(58)51-42(35)60)24-55-17-11-27(12-18-55)3-2-16-54-19-13-31(14-20-54)56-25-32(39(52-56)40(45)46)49-41(59)33-26-62-43(50-33)30-10-15-47-37(22-30)48-23-28-4-5-28/h6-7,10,15,21-22,25-28,31,35,40H,2-5,8-9,11-14,16-20,23-24H2,1H3,(H,47,48)(H,49,59)(H,51,58,60). The van der Waals surface area contributed by atoms with Gasteiger partial charge < -0.3 is 20.0 Å². The van der Waals surface area contributed by atoms with Crippen LogP contribution in [0, 0.1) is 11.8 Å². The first kappa shape index (κ1) is 41.6. The van der Waals surface area contributed by atoms with Crippen molar-refractivity contribution in [3.8, 4) is 11.5 Å². The number of pyridine rings is 1. The molecule has 0 spiro atoms. The lowest BCUT2D eigenvalue weighted by Gasteiger charge is -2.34.